The maximum Gasteiger partial charge on any atom is 0.263 e. The summed E-state index contributed by atoms with van der Waals surface area (Å²) < 4.78 is 0. The van der Waals surface area contributed by atoms with Crippen LogP contribution in [-0.2, 0) is 0 Å². The van der Waals surface area contributed by atoms with Gasteiger partial charge in [0.05, 0.1) is 11.1 Å². The minimum atomic E-state index is -0.232. The van der Waals surface area contributed by atoms with Crippen molar-refractivity contribution in [3.8, 4) is 0 Å². The number of nitrogens with two attached hydrogens (primary N) is 1. The van der Waals surface area contributed by atoms with E-state index in [2.05, 4.69) is 18.9 Å². The fourth-order valence-electron chi connectivity index (χ4n) is 3.16. The molecule has 2 aliphatic rings. The van der Waals surface area contributed by atoms with E-state index in [1.807, 2.05) is 0 Å². The van der Waals surface area contributed by atoms with Crippen LogP contribution in [0.4, 0.5) is 5.69 Å². The molecule has 2 atom stereocenters. The van der Waals surface area contributed by atoms with E-state index in [4.69, 9.17) is 5.73 Å². The fourth-order valence-corrected chi connectivity index (χ4v) is 3.16. The van der Waals surface area contributed by atoms with Gasteiger partial charge < -0.3 is 10.6 Å². The minimum Gasteiger partial charge on any atom is -0.398 e. The molecule has 0 bridgehead atoms. The number of benzene rings is 1. The molecule has 2 heterocycles. The van der Waals surface area contributed by atoms with Crippen molar-refractivity contribution < 1.29 is 9.59 Å². The standard InChI is InChI=1S/C15H19N3O2/c1-9-8-10(6-7-17(9)2)18-14(19)11-4-3-5-12(16)13(11)15(18)20/h3-5,9-10H,6-8,16H2,1-2H3. The van der Waals surface area contributed by atoms with Gasteiger partial charge in [-0.2, -0.15) is 0 Å². The Hall–Kier alpha value is -1.88. The molecule has 1 saturated heterocycles. The number of rotatable bonds is 1. The van der Waals surface area contributed by atoms with Crippen molar-refractivity contribution in [1.82, 2.24) is 9.80 Å². The van der Waals surface area contributed by atoms with E-state index >= 15 is 0 Å². The number of carbonyl (C=O) groups is 2. The Kier molecular flexibility index (Phi) is 3.01. The number of likely N-dealkylation sites (tertiary alicyclic amines) is 1. The zero-order valence-corrected chi connectivity index (χ0v) is 11.8. The second-order valence-electron chi connectivity index (χ2n) is 5.76. The number of piperidine rings is 1. The molecule has 3 rings (SSSR count). The molecular formula is C15H19N3O2. The summed E-state index contributed by atoms with van der Waals surface area (Å²) in [6, 6.07) is 5.43. The Balaban J connectivity index is 1.92. The maximum absolute atomic E-state index is 12.5. The van der Waals surface area contributed by atoms with Crippen molar-refractivity contribution in [2.75, 3.05) is 19.3 Å². The first-order chi connectivity index (χ1) is 9.50. The van der Waals surface area contributed by atoms with E-state index in [1.54, 1.807) is 18.2 Å². The van der Waals surface area contributed by atoms with Gasteiger partial charge in [0.2, 0.25) is 0 Å². The Morgan fingerprint density at radius 3 is 2.65 bits per heavy atom. The molecule has 106 valence electrons. The molecule has 2 unspecified atom stereocenters. The summed E-state index contributed by atoms with van der Waals surface area (Å²) in [4.78, 5) is 28.7. The van der Waals surface area contributed by atoms with Crippen LogP contribution >= 0.6 is 0 Å². The number of anilines is 1. The summed E-state index contributed by atoms with van der Waals surface area (Å²) >= 11 is 0. The van der Waals surface area contributed by atoms with Crippen molar-refractivity contribution in [2.24, 2.45) is 0 Å². The lowest BCUT2D eigenvalue weighted by atomic mass is 9.97. The van der Waals surface area contributed by atoms with E-state index in [9.17, 15) is 9.59 Å². The van der Waals surface area contributed by atoms with Crippen LogP contribution in [0.1, 0.15) is 40.5 Å². The van der Waals surface area contributed by atoms with Gasteiger partial charge in [-0.05, 0) is 38.9 Å². The monoisotopic (exact) mass is 273 g/mol. The van der Waals surface area contributed by atoms with Crippen LogP contribution in [0.2, 0.25) is 0 Å². The number of hydrogen-bond donors (Lipinski definition) is 1. The van der Waals surface area contributed by atoms with Crippen LogP contribution in [0, 0.1) is 0 Å². The Labute approximate surface area is 118 Å². The van der Waals surface area contributed by atoms with Crippen molar-refractivity contribution in [3.63, 3.8) is 0 Å². The second-order valence-corrected chi connectivity index (χ2v) is 5.76. The van der Waals surface area contributed by atoms with Gasteiger partial charge in [-0.3, -0.25) is 14.5 Å². The van der Waals surface area contributed by atoms with Crippen LogP contribution < -0.4 is 5.73 Å². The number of nitrogens with zero attached hydrogens (tertiary/aromatic N) is 2. The predicted molar refractivity (Wildman–Crippen MR) is 76.5 cm³/mol. The van der Waals surface area contributed by atoms with Crippen LogP contribution in [0.3, 0.4) is 0 Å². The van der Waals surface area contributed by atoms with Gasteiger partial charge in [0, 0.05) is 24.3 Å². The molecule has 2 aliphatic heterocycles. The van der Waals surface area contributed by atoms with Crippen LogP contribution in [0.5, 0.6) is 0 Å². The third-order valence-electron chi connectivity index (χ3n) is 4.52. The fraction of sp³-hybridized carbons (Fsp3) is 0.467. The summed E-state index contributed by atoms with van der Waals surface area (Å²) in [7, 11) is 2.07. The topological polar surface area (TPSA) is 66.6 Å². The summed E-state index contributed by atoms with van der Waals surface area (Å²) in [6.07, 6.45) is 1.65. The number of fused-ring (bicyclic) bond motifs is 1. The van der Waals surface area contributed by atoms with E-state index in [-0.39, 0.29) is 17.9 Å². The molecule has 5 heteroatoms. The zero-order valence-electron chi connectivity index (χ0n) is 11.8. The maximum atomic E-state index is 12.5. The van der Waals surface area contributed by atoms with Crippen molar-refractivity contribution in [1.29, 1.82) is 0 Å². The van der Waals surface area contributed by atoms with Gasteiger partial charge in [0.25, 0.3) is 11.8 Å². The summed E-state index contributed by atoms with van der Waals surface area (Å²) in [5.41, 5.74) is 7.08. The number of imide groups is 1. The molecule has 0 spiro atoms. The lowest BCUT2D eigenvalue weighted by Gasteiger charge is -2.38. The van der Waals surface area contributed by atoms with Gasteiger partial charge in [0.1, 0.15) is 0 Å². The second kappa shape index (κ2) is 4.59. The number of nitrogen functional groups attached to an aromatic ring is 1. The molecule has 20 heavy (non-hydrogen) atoms. The summed E-state index contributed by atoms with van der Waals surface area (Å²) in [5, 5.41) is 0. The molecule has 2 amide bonds. The predicted octanol–water partition coefficient (Wildman–Crippen LogP) is 1.35. The van der Waals surface area contributed by atoms with Gasteiger partial charge in [0.15, 0.2) is 0 Å². The van der Waals surface area contributed by atoms with Crippen LogP contribution in [0.25, 0.3) is 0 Å². The average molecular weight is 273 g/mol. The van der Waals surface area contributed by atoms with E-state index in [0.29, 0.717) is 22.9 Å². The van der Waals surface area contributed by atoms with Gasteiger partial charge in [-0.25, -0.2) is 0 Å². The highest BCUT2D eigenvalue weighted by atomic mass is 16.2. The molecule has 0 aromatic heterocycles. The van der Waals surface area contributed by atoms with E-state index in [0.717, 1.165) is 19.4 Å². The SMILES string of the molecule is CC1CC(N2C(=O)c3cccc(N)c3C2=O)CCN1C. The highest BCUT2D eigenvalue weighted by molar-refractivity contribution is 6.23. The Morgan fingerprint density at radius 2 is 2.00 bits per heavy atom. The van der Waals surface area contributed by atoms with Crippen molar-refractivity contribution >= 4 is 17.5 Å². The highest BCUT2D eigenvalue weighted by Gasteiger charge is 2.42. The smallest absolute Gasteiger partial charge is 0.263 e. The molecule has 1 aromatic rings. The average Bonchev–Trinajstić information content (AvgIpc) is 2.67. The molecule has 1 fully saturated rings. The van der Waals surface area contributed by atoms with Crippen molar-refractivity contribution in [2.45, 2.75) is 31.8 Å². The lowest BCUT2D eigenvalue weighted by molar-refractivity contribution is 0.0467. The zero-order chi connectivity index (χ0) is 14.4. The van der Waals surface area contributed by atoms with E-state index in [1.165, 1.54) is 4.90 Å². The number of carbonyl (C=O) groups excluding carboxylic acids is 2. The third kappa shape index (κ3) is 1.81. The van der Waals surface area contributed by atoms with Gasteiger partial charge in [-0.1, -0.05) is 6.07 Å². The van der Waals surface area contributed by atoms with Gasteiger partial charge in [-0.15, -0.1) is 0 Å². The molecule has 1 aromatic carbocycles. The van der Waals surface area contributed by atoms with E-state index < -0.39 is 0 Å². The van der Waals surface area contributed by atoms with Crippen LogP contribution in [-0.4, -0.2) is 47.3 Å². The lowest BCUT2D eigenvalue weighted by Crippen LogP contribution is -2.49. The quantitative estimate of drug-likeness (QED) is 0.619. The molecule has 2 N–H and O–H groups in total. The third-order valence-corrected chi connectivity index (χ3v) is 4.52. The number of amides is 2. The molecule has 0 radical (unpaired) electrons. The largest absolute Gasteiger partial charge is 0.398 e. The molecule has 0 aliphatic carbocycles. The van der Waals surface area contributed by atoms with Gasteiger partial charge >= 0.3 is 0 Å². The molecule has 0 saturated carbocycles. The Morgan fingerprint density at radius 1 is 1.25 bits per heavy atom. The minimum absolute atomic E-state index is 0.0204. The van der Waals surface area contributed by atoms with Crippen molar-refractivity contribution in [3.05, 3.63) is 29.3 Å². The van der Waals surface area contributed by atoms with Crippen LogP contribution in [0.15, 0.2) is 18.2 Å². The first-order valence-corrected chi connectivity index (χ1v) is 6.97. The Bertz CT molecular complexity index is 584. The molecule has 5 nitrogen and oxygen atoms in total. The summed E-state index contributed by atoms with van der Waals surface area (Å²) in [5.74, 6) is -0.427. The number of hydrogen-bond acceptors (Lipinski definition) is 4. The molecular weight excluding hydrogens is 254 g/mol. The first-order valence-electron chi connectivity index (χ1n) is 6.97. The first kappa shape index (κ1) is 13.1. The highest BCUT2D eigenvalue weighted by Crippen LogP contribution is 2.32. The summed E-state index contributed by atoms with van der Waals surface area (Å²) in [6.45, 7) is 3.02. The normalized spacial score (nSPS) is 27.0.